The number of phosphoric acid groups is 1. The van der Waals surface area contributed by atoms with Gasteiger partial charge in [0, 0.05) is 12.8 Å². The SMILES string of the molecule is CCCCCCCCCCCCOc1ccc(CC(COP(=O)(O)OCC[NH+](C)C)CC(=O)CCC)cc1. The van der Waals surface area contributed by atoms with Crippen LogP contribution in [0.2, 0.25) is 0 Å². The summed E-state index contributed by atoms with van der Waals surface area (Å²) in [6, 6.07) is 7.92. The van der Waals surface area contributed by atoms with Gasteiger partial charge in [-0.15, -0.1) is 0 Å². The maximum absolute atomic E-state index is 12.3. The molecule has 0 amide bonds. The van der Waals surface area contributed by atoms with Crippen molar-refractivity contribution in [1.29, 1.82) is 0 Å². The molecule has 1 aromatic carbocycles. The van der Waals surface area contributed by atoms with E-state index in [2.05, 4.69) is 6.92 Å². The Kier molecular flexibility index (Phi) is 19.7. The summed E-state index contributed by atoms with van der Waals surface area (Å²) in [6.45, 7) is 5.68. The van der Waals surface area contributed by atoms with Crippen LogP contribution in [0.5, 0.6) is 5.75 Å². The lowest BCUT2D eigenvalue weighted by molar-refractivity contribution is -0.858. The fourth-order valence-electron chi connectivity index (χ4n) is 4.33. The molecule has 0 saturated carbocycles. The number of phosphoric ester groups is 1. The summed E-state index contributed by atoms with van der Waals surface area (Å²) in [7, 11) is -0.268. The number of ether oxygens (including phenoxy) is 1. The minimum atomic E-state index is -4.15. The molecule has 0 aliphatic heterocycles. The van der Waals surface area contributed by atoms with Crippen LogP contribution in [-0.2, 0) is 24.8 Å². The predicted molar refractivity (Wildman–Crippen MR) is 155 cm³/mol. The Morgan fingerprint density at radius 1 is 0.868 bits per heavy atom. The molecule has 0 saturated heterocycles. The van der Waals surface area contributed by atoms with Crippen molar-refractivity contribution in [3.63, 3.8) is 0 Å². The molecule has 8 heteroatoms. The smallest absolute Gasteiger partial charge is 0.472 e. The van der Waals surface area contributed by atoms with Crippen molar-refractivity contribution in [2.45, 2.75) is 104 Å². The molecule has 2 N–H and O–H groups in total. The lowest BCUT2D eigenvalue weighted by Gasteiger charge is -2.19. The Balaban J connectivity index is 2.41. The quantitative estimate of drug-likeness (QED) is 0.110. The van der Waals surface area contributed by atoms with E-state index in [9.17, 15) is 14.3 Å². The molecule has 0 aliphatic rings. The molecular weight excluding hydrogens is 501 g/mol. The summed E-state index contributed by atoms with van der Waals surface area (Å²) in [4.78, 5) is 23.4. The Bertz CT molecular complexity index is 771. The van der Waals surface area contributed by atoms with Gasteiger partial charge in [0.15, 0.2) is 0 Å². The molecule has 220 valence electrons. The molecule has 1 rings (SSSR count). The Morgan fingerprint density at radius 3 is 2.05 bits per heavy atom. The monoisotopic (exact) mass is 556 g/mol. The molecule has 0 aliphatic carbocycles. The van der Waals surface area contributed by atoms with Gasteiger partial charge in [-0.2, -0.15) is 0 Å². The van der Waals surface area contributed by atoms with Gasteiger partial charge in [0.05, 0.1) is 27.3 Å². The Hall–Kier alpha value is -1.24. The topological polar surface area (TPSA) is 86.5 Å². The molecule has 1 aromatic rings. The summed E-state index contributed by atoms with van der Waals surface area (Å²) in [6.07, 6.45) is 15.2. The number of hydrogen-bond acceptors (Lipinski definition) is 5. The summed E-state index contributed by atoms with van der Waals surface area (Å²) < 4.78 is 28.5. The summed E-state index contributed by atoms with van der Waals surface area (Å²) in [5.41, 5.74) is 1.04. The number of carbonyl (C=O) groups excluding carboxylic acids is 1. The second-order valence-electron chi connectivity index (χ2n) is 10.8. The van der Waals surface area contributed by atoms with Gasteiger partial charge in [-0.25, -0.2) is 4.57 Å². The van der Waals surface area contributed by atoms with Crippen molar-refractivity contribution in [3.05, 3.63) is 29.8 Å². The fourth-order valence-corrected chi connectivity index (χ4v) is 5.13. The van der Waals surface area contributed by atoms with Gasteiger partial charge >= 0.3 is 7.82 Å². The predicted octanol–water partition coefficient (Wildman–Crippen LogP) is 6.18. The van der Waals surface area contributed by atoms with Gasteiger partial charge in [0.2, 0.25) is 0 Å². The first kappa shape index (κ1) is 34.8. The maximum atomic E-state index is 12.3. The number of unbranched alkanes of at least 4 members (excludes halogenated alkanes) is 9. The summed E-state index contributed by atoms with van der Waals surface area (Å²) in [5.74, 6) is 0.786. The first-order valence-electron chi connectivity index (χ1n) is 14.9. The van der Waals surface area contributed by atoms with Crippen molar-refractivity contribution in [2.75, 3.05) is 40.5 Å². The standard InChI is InChI=1S/C30H54NO6P/c1-5-7-8-9-10-11-12-13-14-15-22-35-30-19-17-27(18-20-30)24-28(25-29(32)16-6-2)26-37-38(33,34)36-23-21-31(3)4/h17-20,28H,5-16,21-26H2,1-4H3,(H,33,34)/p+1. The van der Waals surface area contributed by atoms with Crippen LogP contribution in [0.4, 0.5) is 0 Å². The minimum absolute atomic E-state index is 0.00492. The lowest BCUT2D eigenvalue weighted by atomic mass is 9.94. The van der Waals surface area contributed by atoms with E-state index in [4.69, 9.17) is 13.8 Å². The fraction of sp³-hybridized carbons (Fsp3) is 0.767. The zero-order valence-corrected chi connectivity index (χ0v) is 25.4. The van der Waals surface area contributed by atoms with Gasteiger partial charge < -0.3 is 14.5 Å². The highest BCUT2D eigenvalue weighted by atomic mass is 31.2. The molecule has 38 heavy (non-hydrogen) atoms. The van der Waals surface area contributed by atoms with E-state index >= 15 is 0 Å². The second kappa shape index (κ2) is 21.6. The molecular formula is C30H55NO6P+. The van der Waals surface area contributed by atoms with Crippen molar-refractivity contribution in [3.8, 4) is 5.75 Å². The van der Waals surface area contributed by atoms with Crippen LogP contribution in [-0.4, -0.2) is 51.1 Å². The van der Waals surface area contributed by atoms with Crippen molar-refractivity contribution in [2.24, 2.45) is 5.92 Å². The average Bonchev–Trinajstić information content (AvgIpc) is 2.86. The zero-order chi connectivity index (χ0) is 28.1. The number of ketones is 1. The third kappa shape index (κ3) is 18.9. The van der Waals surface area contributed by atoms with E-state index in [0.29, 0.717) is 25.8 Å². The maximum Gasteiger partial charge on any atom is 0.472 e. The largest absolute Gasteiger partial charge is 0.494 e. The first-order chi connectivity index (χ1) is 18.3. The highest BCUT2D eigenvalue weighted by Crippen LogP contribution is 2.43. The van der Waals surface area contributed by atoms with Gasteiger partial charge in [0.25, 0.3) is 0 Å². The Labute approximate surface area is 232 Å². The lowest BCUT2D eigenvalue weighted by Crippen LogP contribution is -3.06. The van der Waals surface area contributed by atoms with Crippen molar-refractivity contribution in [1.82, 2.24) is 0 Å². The van der Waals surface area contributed by atoms with Crippen molar-refractivity contribution >= 4 is 13.6 Å². The zero-order valence-electron chi connectivity index (χ0n) is 24.6. The number of benzene rings is 1. The van der Waals surface area contributed by atoms with Crippen LogP contribution >= 0.6 is 7.82 Å². The summed E-state index contributed by atoms with van der Waals surface area (Å²) in [5, 5.41) is 0. The van der Waals surface area contributed by atoms with Gasteiger partial charge in [0.1, 0.15) is 24.7 Å². The number of quaternary nitrogens is 1. The third-order valence-corrected chi connectivity index (χ3v) is 7.57. The molecule has 0 radical (unpaired) electrons. The molecule has 0 bridgehead atoms. The van der Waals surface area contributed by atoms with Crippen LogP contribution in [0.15, 0.2) is 24.3 Å². The van der Waals surface area contributed by atoms with Gasteiger partial charge in [-0.3, -0.25) is 13.8 Å². The van der Waals surface area contributed by atoms with E-state index in [1.165, 1.54) is 57.8 Å². The number of carbonyl (C=O) groups is 1. The first-order valence-corrected chi connectivity index (χ1v) is 16.4. The van der Waals surface area contributed by atoms with Crippen molar-refractivity contribution < 1.29 is 32.9 Å². The third-order valence-electron chi connectivity index (χ3n) is 6.59. The molecule has 0 aromatic heterocycles. The van der Waals surface area contributed by atoms with Crippen LogP contribution in [0.3, 0.4) is 0 Å². The molecule has 0 heterocycles. The highest BCUT2D eigenvalue weighted by Gasteiger charge is 2.25. The molecule has 2 unspecified atom stereocenters. The molecule has 0 spiro atoms. The van der Waals surface area contributed by atoms with Crippen LogP contribution in [0, 0.1) is 5.92 Å². The number of Topliss-reactive ketones (excluding diaryl/α,β-unsaturated/α-hetero) is 1. The van der Waals surface area contributed by atoms with E-state index in [-0.39, 0.29) is 24.9 Å². The Morgan fingerprint density at radius 2 is 1.47 bits per heavy atom. The van der Waals surface area contributed by atoms with E-state index in [1.54, 1.807) is 0 Å². The van der Waals surface area contributed by atoms with Crippen LogP contribution in [0.1, 0.15) is 103 Å². The molecule has 2 atom stereocenters. The van der Waals surface area contributed by atoms with E-state index < -0.39 is 7.82 Å². The van der Waals surface area contributed by atoms with Crippen LogP contribution in [0.25, 0.3) is 0 Å². The number of nitrogens with one attached hydrogen (secondary N) is 1. The second-order valence-corrected chi connectivity index (χ2v) is 12.2. The summed E-state index contributed by atoms with van der Waals surface area (Å²) >= 11 is 0. The number of rotatable bonds is 25. The average molecular weight is 557 g/mol. The van der Waals surface area contributed by atoms with Gasteiger partial charge in [-0.1, -0.05) is 83.8 Å². The highest BCUT2D eigenvalue weighted by molar-refractivity contribution is 7.47. The molecule has 7 nitrogen and oxygen atoms in total. The number of likely N-dealkylation sites (N-methyl/N-ethyl adjacent to an activating group) is 1. The molecule has 0 fully saturated rings. The minimum Gasteiger partial charge on any atom is -0.494 e. The number of hydrogen-bond donors (Lipinski definition) is 2. The van der Waals surface area contributed by atoms with Crippen LogP contribution < -0.4 is 9.64 Å². The van der Waals surface area contributed by atoms with E-state index in [1.807, 2.05) is 45.3 Å². The van der Waals surface area contributed by atoms with E-state index in [0.717, 1.165) is 35.7 Å². The van der Waals surface area contributed by atoms with Gasteiger partial charge in [-0.05, 0) is 42.9 Å². The normalized spacial score (nSPS) is 13.9.